The average molecular weight is 377 g/mol. The number of imidazole rings is 1. The molecular formula is C23H27N3O2. The second kappa shape index (κ2) is 8.46. The number of aromatic nitrogens is 2. The summed E-state index contributed by atoms with van der Waals surface area (Å²) in [5.74, 6) is 2.75. The Balaban J connectivity index is 1.27. The first-order chi connectivity index (χ1) is 13.7. The molecule has 1 saturated carbocycles. The van der Waals surface area contributed by atoms with Gasteiger partial charge in [-0.3, -0.25) is 4.79 Å². The molecule has 146 valence electrons. The van der Waals surface area contributed by atoms with Gasteiger partial charge in [0, 0.05) is 24.4 Å². The molecule has 0 saturated heterocycles. The van der Waals surface area contributed by atoms with Crippen LogP contribution in [0.15, 0.2) is 48.5 Å². The molecule has 0 spiro atoms. The van der Waals surface area contributed by atoms with E-state index in [-0.39, 0.29) is 11.8 Å². The minimum absolute atomic E-state index is 0.113. The van der Waals surface area contributed by atoms with Crippen molar-refractivity contribution in [2.75, 3.05) is 7.11 Å². The summed E-state index contributed by atoms with van der Waals surface area (Å²) >= 11 is 0. The molecule has 1 aromatic heterocycles. The van der Waals surface area contributed by atoms with Crippen LogP contribution < -0.4 is 10.1 Å². The molecule has 3 aromatic rings. The molecule has 0 bridgehead atoms. The summed E-state index contributed by atoms with van der Waals surface area (Å²) in [4.78, 5) is 20.7. The fourth-order valence-electron chi connectivity index (χ4n) is 4.18. The zero-order chi connectivity index (χ0) is 19.3. The van der Waals surface area contributed by atoms with E-state index >= 15 is 0 Å². The first-order valence-corrected chi connectivity index (χ1v) is 10.1. The van der Waals surface area contributed by atoms with Crippen molar-refractivity contribution in [3.8, 4) is 5.75 Å². The number of hydrogen-bond acceptors (Lipinski definition) is 3. The molecule has 5 heteroatoms. The van der Waals surface area contributed by atoms with Crippen molar-refractivity contribution in [3.05, 3.63) is 59.9 Å². The zero-order valence-electron chi connectivity index (χ0n) is 16.3. The molecule has 0 aliphatic heterocycles. The van der Waals surface area contributed by atoms with Gasteiger partial charge in [0.2, 0.25) is 5.91 Å². The molecule has 28 heavy (non-hydrogen) atoms. The highest BCUT2D eigenvalue weighted by molar-refractivity contribution is 5.78. The quantitative estimate of drug-likeness (QED) is 0.675. The fraction of sp³-hybridized carbons (Fsp3) is 0.391. The van der Waals surface area contributed by atoms with E-state index in [9.17, 15) is 4.79 Å². The lowest BCUT2D eigenvalue weighted by Gasteiger charge is -2.27. The van der Waals surface area contributed by atoms with Gasteiger partial charge in [0.25, 0.3) is 0 Å². The topological polar surface area (TPSA) is 67.0 Å². The highest BCUT2D eigenvalue weighted by Crippen LogP contribution is 2.31. The molecule has 0 atom stereocenters. The largest absolute Gasteiger partial charge is 0.496 e. The average Bonchev–Trinajstić information content (AvgIpc) is 3.15. The van der Waals surface area contributed by atoms with Gasteiger partial charge in [0.05, 0.1) is 18.1 Å². The van der Waals surface area contributed by atoms with Crippen LogP contribution in [0.25, 0.3) is 11.0 Å². The number of benzene rings is 2. The maximum atomic E-state index is 12.6. The highest BCUT2D eigenvalue weighted by atomic mass is 16.5. The number of H-pyrrole nitrogens is 1. The predicted octanol–water partition coefficient (Wildman–Crippen LogP) is 4.24. The number of nitrogens with one attached hydrogen (secondary N) is 2. The first kappa shape index (κ1) is 18.5. The maximum Gasteiger partial charge on any atom is 0.223 e. The number of amides is 1. The van der Waals surface area contributed by atoms with Crippen LogP contribution in [0.5, 0.6) is 5.75 Å². The van der Waals surface area contributed by atoms with Gasteiger partial charge in [-0.25, -0.2) is 4.98 Å². The lowest BCUT2D eigenvalue weighted by Crippen LogP contribution is -2.33. The Morgan fingerprint density at radius 3 is 2.64 bits per heavy atom. The van der Waals surface area contributed by atoms with E-state index in [0.717, 1.165) is 60.3 Å². The minimum Gasteiger partial charge on any atom is -0.496 e. The van der Waals surface area contributed by atoms with E-state index < -0.39 is 0 Å². The van der Waals surface area contributed by atoms with Crippen molar-refractivity contribution >= 4 is 16.9 Å². The molecule has 1 amide bonds. The number of aromatic amines is 1. The van der Waals surface area contributed by atoms with Crippen molar-refractivity contribution in [1.29, 1.82) is 0 Å². The molecule has 4 rings (SSSR count). The number of nitrogens with zero attached hydrogens (tertiary/aromatic N) is 1. The van der Waals surface area contributed by atoms with Crippen LogP contribution in [0.1, 0.15) is 37.1 Å². The predicted molar refractivity (Wildman–Crippen MR) is 110 cm³/mol. The molecule has 0 radical (unpaired) electrons. The van der Waals surface area contributed by atoms with Crippen molar-refractivity contribution in [3.63, 3.8) is 0 Å². The van der Waals surface area contributed by atoms with Gasteiger partial charge in [-0.05, 0) is 49.8 Å². The number of carbonyl (C=O) groups excluding carboxylic acids is 1. The Morgan fingerprint density at radius 2 is 1.86 bits per heavy atom. The van der Waals surface area contributed by atoms with E-state index in [1.807, 2.05) is 42.5 Å². The number of fused-ring (bicyclic) bond motifs is 1. The zero-order valence-corrected chi connectivity index (χ0v) is 16.3. The first-order valence-electron chi connectivity index (χ1n) is 10.1. The van der Waals surface area contributed by atoms with Crippen molar-refractivity contribution < 1.29 is 9.53 Å². The Hall–Kier alpha value is -2.82. The summed E-state index contributed by atoms with van der Waals surface area (Å²) in [5.41, 5.74) is 3.14. The summed E-state index contributed by atoms with van der Waals surface area (Å²) in [6, 6.07) is 16.0. The van der Waals surface area contributed by atoms with Crippen LogP contribution in [0.3, 0.4) is 0 Å². The van der Waals surface area contributed by atoms with Crippen LogP contribution in [0.2, 0.25) is 0 Å². The third-order valence-corrected chi connectivity index (χ3v) is 5.78. The fourth-order valence-corrected chi connectivity index (χ4v) is 4.18. The number of hydrogen-bond donors (Lipinski definition) is 2. The normalized spacial score (nSPS) is 19.5. The molecular weight excluding hydrogens is 350 g/mol. The lowest BCUT2D eigenvalue weighted by molar-refractivity contribution is -0.126. The van der Waals surface area contributed by atoms with Gasteiger partial charge in [-0.15, -0.1) is 0 Å². The van der Waals surface area contributed by atoms with Gasteiger partial charge >= 0.3 is 0 Å². The van der Waals surface area contributed by atoms with Gasteiger partial charge in [-0.1, -0.05) is 30.3 Å². The smallest absolute Gasteiger partial charge is 0.223 e. The Morgan fingerprint density at radius 1 is 1.11 bits per heavy atom. The summed E-state index contributed by atoms with van der Waals surface area (Å²) < 4.78 is 5.36. The van der Waals surface area contributed by atoms with E-state index in [1.165, 1.54) is 0 Å². The summed E-state index contributed by atoms with van der Waals surface area (Å²) in [6.07, 6.45) is 5.00. The van der Waals surface area contributed by atoms with Gasteiger partial charge in [-0.2, -0.15) is 0 Å². The van der Waals surface area contributed by atoms with Crippen LogP contribution >= 0.6 is 0 Å². The Labute approximate surface area is 165 Å². The minimum atomic E-state index is 0.113. The number of carbonyl (C=O) groups is 1. The summed E-state index contributed by atoms with van der Waals surface area (Å²) in [6.45, 7) is 0.516. The van der Waals surface area contributed by atoms with Crippen LogP contribution in [-0.4, -0.2) is 23.0 Å². The molecule has 5 nitrogen and oxygen atoms in total. The maximum absolute atomic E-state index is 12.6. The lowest BCUT2D eigenvalue weighted by atomic mass is 9.80. The van der Waals surface area contributed by atoms with Crippen LogP contribution in [0.4, 0.5) is 0 Å². The third kappa shape index (κ3) is 4.19. The van der Waals surface area contributed by atoms with E-state index in [2.05, 4.69) is 16.4 Å². The molecule has 1 aliphatic carbocycles. The molecule has 2 aromatic carbocycles. The van der Waals surface area contributed by atoms with Crippen molar-refractivity contribution in [1.82, 2.24) is 15.3 Å². The monoisotopic (exact) mass is 377 g/mol. The number of para-hydroxylation sites is 3. The Bertz CT molecular complexity index is 909. The molecule has 1 heterocycles. The number of ether oxygens (including phenoxy) is 1. The standard InChI is InChI=1S/C23H27N3O2/c1-28-21-9-5-2-6-18(21)15-24-23(27)17-12-10-16(11-13-17)14-22-25-19-7-3-4-8-20(19)26-22/h2-9,16-17H,10-15H2,1H3,(H,24,27)(H,25,26)/t16-,17+. The Kier molecular flexibility index (Phi) is 5.60. The second-order valence-electron chi connectivity index (χ2n) is 7.65. The summed E-state index contributed by atoms with van der Waals surface area (Å²) in [7, 11) is 1.66. The van der Waals surface area contributed by atoms with E-state index in [1.54, 1.807) is 7.11 Å². The summed E-state index contributed by atoms with van der Waals surface area (Å²) in [5, 5.41) is 3.09. The molecule has 0 unspecified atom stereocenters. The van der Waals surface area contributed by atoms with E-state index in [0.29, 0.717) is 12.5 Å². The molecule has 2 N–H and O–H groups in total. The second-order valence-corrected chi connectivity index (χ2v) is 7.65. The van der Waals surface area contributed by atoms with Crippen molar-refractivity contribution in [2.45, 2.75) is 38.6 Å². The van der Waals surface area contributed by atoms with E-state index in [4.69, 9.17) is 9.72 Å². The number of rotatable bonds is 6. The SMILES string of the molecule is COc1ccccc1CNC(=O)[C@H]1CC[C@@H](Cc2nc3ccccc3[nH]2)CC1. The van der Waals surface area contributed by atoms with Crippen molar-refractivity contribution in [2.24, 2.45) is 11.8 Å². The highest BCUT2D eigenvalue weighted by Gasteiger charge is 2.27. The number of methoxy groups -OCH3 is 1. The van der Waals surface area contributed by atoms with Crippen LogP contribution in [0, 0.1) is 11.8 Å². The third-order valence-electron chi connectivity index (χ3n) is 5.78. The van der Waals surface area contributed by atoms with Gasteiger partial charge < -0.3 is 15.0 Å². The molecule has 1 aliphatic rings. The van der Waals surface area contributed by atoms with Gasteiger partial charge in [0.15, 0.2) is 0 Å². The van der Waals surface area contributed by atoms with Gasteiger partial charge in [0.1, 0.15) is 11.6 Å². The molecule has 1 fully saturated rings. The van der Waals surface area contributed by atoms with Crippen LogP contribution in [-0.2, 0) is 17.8 Å².